The number of benzene rings is 1. The zero-order valence-electron chi connectivity index (χ0n) is 11.2. The average molecular weight is 357 g/mol. The summed E-state index contributed by atoms with van der Waals surface area (Å²) < 4.78 is 6.40. The molecule has 0 unspecified atom stereocenters. The van der Waals surface area contributed by atoms with E-state index in [9.17, 15) is 0 Å². The number of nitrogen functional groups attached to an aromatic ring is 1. The first-order valence-electron chi connectivity index (χ1n) is 6.11. The number of nitrogens with zero attached hydrogens (tertiary/aromatic N) is 1. The van der Waals surface area contributed by atoms with Gasteiger partial charge in [0.1, 0.15) is 5.82 Å². The molecule has 1 heterocycles. The molecule has 0 spiro atoms. The van der Waals surface area contributed by atoms with Crippen LogP contribution in [0.25, 0.3) is 0 Å². The van der Waals surface area contributed by atoms with Gasteiger partial charge < -0.3 is 15.8 Å². The van der Waals surface area contributed by atoms with E-state index in [4.69, 9.17) is 22.1 Å². The Bertz CT molecular complexity index is 619. The number of aromatic nitrogens is 1. The second-order valence-corrected chi connectivity index (χ2v) is 5.77. The molecule has 0 amide bonds. The van der Waals surface area contributed by atoms with E-state index in [0.717, 1.165) is 10.2 Å². The maximum absolute atomic E-state index is 6.05. The lowest BCUT2D eigenvalue weighted by Crippen LogP contribution is -2.09. The fraction of sp³-hybridized carbons (Fsp3) is 0.214. The highest BCUT2D eigenvalue weighted by Gasteiger charge is 2.07. The van der Waals surface area contributed by atoms with Crippen LogP contribution in [0.15, 0.2) is 34.8 Å². The van der Waals surface area contributed by atoms with Gasteiger partial charge in [0.25, 0.3) is 0 Å². The molecule has 0 saturated carbocycles. The van der Waals surface area contributed by atoms with E-state index < -0.39 is 0 Å². The summed E-state index contributed by atoms with van der Waals surface area (Å²) in [6, 6.07) is 9.13. The van der Waals surface area contributed by atoms with Gasteiger partial charge in [-0.15, -0.1) is 0 Å². The van der Waals surface area contributed by atoms with Crippen LogP contribution < -0.4 is 15.8 Å². The highest BCUT2D eigenvalue weighted by atomic mass is 79.9. The minimum absolute atomic E-state index is 0.0159. The van der Waals surface area contributed by atoms with E-state index in [2.05, 4.69) is 26.2 Å². The number of nitrogens with one attached hydrogen (secondary N) is 1. The van der Waals surface area contributed by atoms with Crippen molar-refractivity contribution in [1.29, 1.82) is 0 Å². The normalized spacial score (nSPS) is 10.7. The summed E-state index contributed by atoms with van der Waals surface area (Å²) in [4.78, 5) is 4.35. The second-order valence-electron chi connectivity index (χ2n) is 4.51. The quantitative estimate of drug-likeness (QED) is 0.840. The molecule has 1 aromatic carbocycles. The first-order valence-corrected chi connectivity index (χ1v) is 7.28. The molecule has 0 aliphatic rings. The van der Waals surface area contributed by atoms with E-state index in [0.29, 0.717) is 22.4 Å². The third kappa shape index (κ3) is 3.77. The SMILES string of the molecule is CC(C)Oc1nc(Nc2ccc(Br)c(Cl)c2)ccc1N. The molecular weight excluding hydrogens is 342 g/mol. The van der Waals surface area contributed by atoms with Crippen LogP contribution in [0.5, 0.6) is 5.88 Å². The Balaban J connectivity index is 2.22. The molecule has 0 atom stereocenters. The van der Waals surface area contributed by atoms with Crippen LogP contribution in [-0.2, 0) is 0 Å². The molecule has 6 heteroatoms. The number of anilines is 3. The van der Waals surface area contributed by atoms with Crippen molar-refractivity contribution in [3.8, 4) is 5.88 Å². The Morgan fingerprint density at radius 3 is 2.70 bits per heavy atom. The van der Waals surface area contributed by atoms with Crippen molar-refractivity contribution in [1.82, 2.24) is 4.98 Å². The van der Waals surface area contributed by atoms with Gasteiger partial charge in [-0.1, -0.05) is 11.6 Å². The molecule has 3 N–H and O–H groups in total. The van der Waals surface area contributed by atoms with E-state index in [1.54, 1.807) is 12.1 Å². The molecule has 0 bridgehead atoms. The lowest BCUT2D eigenvalue weighted by atomic mass is 10.3. The van der Waals surface area contributed by atoms with Crippen molar-refractivity contribution in [3.63, 3.8) is 0 Å². The smallest absolute Gasteiger partial charge is 0.239 e. The van der Waals surface area contributed by atoms with Crippen molar-refractivity contribution in [2.75, 3.05) is 11.1 Å². The molecule has 0 aliphatic carbocycles. The van der Waals surface area contributed by atoms with Gasteiger partial charge in [0.05, 0.1) is 16.8 Å². The van der Waals surface area contributed by atoms with E-state index in [1.165, 1.54) is 0 Å². The molecule has 1 aromatic heterocycles. The van der Waals surface area contributed by atoms with Gasteiger partial charge in [-0.05, 0) is 60.1 Å². The third-order valence-electron chi connectivity index (χ3n) is 2.43. The predicted molar refractivity (Wildman–Crippen MR) is 86.8 cm³/mol. The Hall–Kier alpha value is -1.46. The maximum atomic E-state index is 6.05. The zero-order chi connectivity index (χ0) is 14.7. The van der Waals surface area contributed by atoms with Gasteiger partial charge in [-0.25, -0.2) is 0 Å². The summed E-state index contributed by atoms with van der Waals surface area (Å²) in [6.07, 6.45) is 0.0159. The molecule has 0 radical (unpaired) electrons. The van der Waals surface area contributed by atoms with Crippen molar-refractivity contribution in [2.24, 2.45) is 0 Å². The third-order valence-corrected chi connectivity index (χ3v) is 3.66. The van der Waals surface area contributed by atoms with Gasteiger partial charge in [0.15, 0.2) is 0 Å². The molecule has 0 aliphatic heterocycles. The van der Waals surface area contributed by atoms with Crippen molar-refractivity contribution in [3.05, 3.63) is 39.8 Å². The minimum atomic E-state index is 0.0159. The van der Waals surface area contributed by atoms with Gasteiger partial charge in [-0.2, -0.15) is 4.98 Å². The molecule has 0 fully saturated rings. The summed E-state index contributed by atoms with van der Waals surface area (Å²) >= 11 is 9.40. The lowest BCUT2D eigenvalue weighted by molar-refractivity contribution is 0.234. The minimum Gasteiger partial charge on any atom is -0.473 e. The van der Waals surface area contributed by atoms with Crippen LogP contribution in [0.2, 0.25) is 5.02 Å². The molecule has 0 saturated heterocycles. The largest absolute Gasteiger partial charge is 0.473 e. The van der Waals surface area contributed by atoms with Crippen LogP contribution in [0.3, 0.4) is 0 Å². The fourth-order valence-electron chi connectivity index (χ4n) is 1.56. The standard InChI is InChI=1S/C14H15BrClN3O/c1-8(2)20-14-12(17)5-6-13(19-14)18-9-3-4-10(15)11(16)7-9/h3-8H,17H2,1-2H3,(H,18,19). The maximum Gasteiger partial charge on any atom is 0.239 e. The highest BCUT2D eigenvalue weighted by molar-refractivity contribution is 9.10. The Morgan fingerprint density at radius 1 is 1.30 bits per heavy atom. The Kier molecular flexibility index (Phi) is 4.73. The van der Waals surface area contributed by atoms with Crippen molar-refractivity contribution < 1.29 is 4.74 Å². The van der Waals surface area contributed by atoms with Gasteiger partial charge in [0, 0.05) is 10.2 Å². The topological polar surface area (TPSA) is 60.2 Å². The first kappa shape index (κ1) is 14.9. The summed E-state index contributed by atoms with van der Waals surface area (Å²) in [5, 5.41) is 3.79. The number of pyridine rings is 1. The molecule has 2 rings (SSSR count). The number of rotatable bonds is 4. The second kappa shape index (κ2) is 6.33. The molecular formula is C14H15BrClN3O. The van der Waals surface area contributed by atoms with Gasteiger partial charge in [0.2, 0.25) is 5.88 Å². The van der Waals surface area contributed by atoms with Crippen LogP contribution in [0, 0.1) is 0 Å². The fourth-order valence-corrected chi connectivity index (χ4v) is 1.99. The molecule has 20 heavy (non-hydrogen) atoms. The molecule has 106 valence electrons. The predicted octanol–water partition coefficient (Wildman–Crippen LogP) is 4.61. The summed E-state index contributed by atoms with van der Waals surface area (Å²) in [5.41, 5.74) is 7.18. The van der Waals surface area contributed by atoms with E-state index in [-0.39, 0.29) is 6.10 Å². The van der Waals surface area contributed by atoms with Crippen molar-refractivity contribution in [2.45, 2.75) is 20.0 Å². The summed E-state index contributed by atoms with van der Waals surface area (Å²) in [5.74, 6) is 1.07. The van der Waals surface area contributed by atoms with Crippen LogP contribution in [0.4, 0.5) is 17.2 Å². The van der Waals surface area contributed by atoms with Crippen LogP contribution in [-0.4, -0.2) is 11.1 Å². The van der Waals surface area contributed by atoms with Crippen LogP contribution >= 0.6 is 27.5 Å². The lowest BCUT2D eigenvalue weighted by Gasteiger charge is -2.13. The van der Waals surface area contributed by atoms with E-state index >= 15 is 0 Å². The summed E-state index contributed by atoms with van der Waals surface area (Å²) in [6.45, 7) is 3.85. The monoisotopic (exact) mass is 355 g/mol. The molecule has 2 aromatic rings. The van der Waals surface area contributed by atoms with Gasteiger partial charge >= 0.3 is 0 Å². The number of ether oxygens (including phenoxy) is 1. The van der Waals surface area contributed by atoms with E-state index in [1.807, 2.05) is 32.0 Å². The first-order chi connectivity index (χ1) is 9.45. The number of hydrogen-bond acceptors (Lipinski definition) is 4. The van der Waals surface area contributed by atoms with Crippen LogP contribution in [0.1, 0.15) is 13.8 Å². The number of hydrogen-bond donors (Lipinski definition) is 2. The zero-order valence-corrected chi connectivity index (χ0v) is 13.5. The Labute approximate surface area is 131 Å². The van der Waals surface area contributed by atoms with Gasteiger partial charge in [-0.3, -0.25) is 0 Å². The number of nitrogens with two attached hydrogens (primary N) is 1. The number of halogens is 2. The highest BCUT2D eigenvalue weighted by Crippen LogP contribution is 2.28. The summed E-state index contributed by atoms with van der Waals surface area (Å²) in [7, 11) is 0. The van der Waals surface area contributed by atoms with Crippen molar-refractivity contribution >= 4 is 44.7 Å². The molecule has 4 nitrogen and oxygen atoms in total. The average Bonchev–Trinajstić information content (AvgIpc) is 2.37. The Morgan fingerprint density at radius 2 is 2.05 bits per heavy atom.